The molecule has 0 aromatic carbocycles. The third-order valence-corrected chi connectivity index (χ3v) is 8.67. The van der Waals surface area contributed by atoms with Crippen molar-refractivity contribution in [2.75, 3.05) is 13.1 Å². The molecule has 1 spiro atoms. The third-order valence-electron chi connectivity index (χ3n) is 8.67. The number of amides is 1. The smallest absolute Gasteiger partial charge is 0.243 e. The maximum atomic E-state index is 13.9. The lowest BCUT2D eigenvalue weighted by Crippen LogP contribution is -2.62. The number of carbonyl (C=O) groups excluding carboxylic acids is 1. The second-order valence-corrected chi connectivity index (χ2v) is 10.2. The van der Waals surface area contributed by atoms with Crippen molar-refractivity contribution in [2.24, 2.45) is 17.8 Å². The number of carbonyl (C=O) groups is 1. The molecule has 7 rings (SSSR count). The van der Waals surface area contributed by atoms with Crippen LogP contribution < -0.4 is 0 Å². The molecule has 2 aliphatic heterocycles. The Bertz CT molecular complexity index is 712. The lowest BCUT2D eigenvalue weighted by atomic mass is 9.52. The predicted octanol–water partition coefficient (Wildman–Crippen LogP) is 3.62. The van der Waals surface area contributed by atoms with Crippen molar-refractivity contribution >= 4 is 5.91 Å². The first-order valence-corrected chi connectivity index (χ1v) is 11.1. The lowest BCUT2D eigenvalue weighted by Gasteiger charge is -2.60. The highest BCUT2D eigenvalue weighted by Crippen LogP contribution is 2.59. The van der Waals surface area contributed by atoms with Gasteiger partial charge in [0.05, 0.1) is 5.69 Å². The topological polar surface area (TPSA) is 36.4 Å². The van der Waals surface area contributed by atoms with E-state index < -0.39 is 0 Å². The van der Waals surface area contributed by atoms with Crippen LogP contribution in [-0.4, -0.2) is 44.9 Å². The highest BCUT2D eigenvalue weighted by Gasteiger charge is 2.61. The summed E-state index contributed by atoms with van der Waals surface area (Å²) < 4.78 is 0. The molecule has 144 valence electrons. The number of hydrogen-bond acceptors (Lipinski definition) is 3. The van der Waals surface area contributed by atoms with E-state index in [0.29, 0.717) is 5.91 Å². The van der Waals surface area contributed by atoms with Gasteiger partial charge in [-0.3, -0.25) is 14.7 Å². The average molecular weight is 366 g/mol. The van der Waals surface area contributed by atoms with Crippen molar-refractivity contribution < 1.29 is 4.79 Å². The fourth-order valence-electron chi connectivity index (χ4n) is 7.98. The summed E-state index contributed by atoms with van der Waals surface area (Å²) in [6, 6.07) is 6.13. The summed E-state index contributed by atoms with van der Waals surface area (Å²) in [6.07, 6.45) is 13.3. The molecule has 6 aliphatic rings. The van der Waals surface area contributed by atoms with Gasteiger partial charge in [-0.2, -0.15) is 0 Å². The van der Waals surface area contributed by atoms with Crippen LogP contribution in [0.2, 0.25) is 0 Å². The van der Waals surface area contributed by atoms with Crippen LogP contribution in [-0.2, 0) is 11.3 Å². The second kappa shape index (κ2) is 5.79. The summed E-state index contributed by atoms with van der Waals surface area (Å²) in [4.78, 5) is 23.3. The summed E-state index contributed by atoms with van der Waals surface area (Å²) in [6.45, 7) is 2.85. The molecule has 1 unspecified atom stereocenters. The Morgan fingerprint density at radius 3 is 2.41 bits per heavy atom. The summed E-state index contributed by atoms with van der Waals surface area (Å²) in [7, 11) is 0. The van der Waals surface area contributed by atoms with Gasteiger partial charge in [-0.15, -0.1) is 0 Å². The van der Waals surface area contributed by atoms with Crippen LogP contribution in [0.1, 0.15) is 63.5 Å². The van der Waals surface area contributed by atoms with E-state index >= 15 is 0 Å². The van der Waals surface area contributed by atoms with Crippen LogP contribution >= 0.6 is 0 Å². The van der Waals surface area contributed by atoms with Gasteiger partial charge in [-0.05, 0) is 94.2 Å². The van der Waals surface area contributed by atoms with Crippen molar-refractivity contribution in [3.05, 3.63) is 30.1 Å². The minimum Gasteiger partial charge on any atom is -0.335 e. The van der Waals surface area contributed by atoms with E-state index in [1.807, 2.05) is 12.3 Å². The molecule has 27 heavy (non-hydrogen) atoms. The molecule has 0 radical (unpaired) electrons. The molecule has 4 heteroatoms. The SMILES string of the molecule is O=C1N(C23CC4CC(CC(C4)C2)C3)CCC12CCCN2Cc1ccccn1. The van der Waals surface area contributed by atoms with Crippen molar-refractivity contribution in [3.63, 3.8) is 0 Å². The van der Waals surface area contributed by atoms with Crippen molar-refractivity contribution in [3.8, 4) is 0 Å². The molecule has 1 amide bonds. The number of aromatic nitrogens is 1. The maximum absolute atomic E-state index is 13.9. The molecule has 1 aromatic heterocycles. The Morgan fingerprint density at radius 2 is 1.74 bits per heavy atom. The molecule has 0 N–H and O–H groups in total. The van der Waals surface area contributed by atoms with Gasteiger partial charge in [-0.1, -0.05) is 6.07 Å². The number of nitrogens with zero attached hydrogens (tertiary/aromatic N) is 3. The highest BCUT2D eigenvalue weighted by atomic mass is 16.2. The normalized spacial score (nSPS) is 43.3. The average Bonchev–Trinajstić information content (AvgIpc) is 3.20. The molecule has 1 atom stereocenters. The van der Waals surface area contributed by atoms with Crippen molar-refractivity contribution in [2.45, 2.75) is 75.4 Å². The minimum atomic E-state index is -0.235. The van der Waals surface area contributed by atoms with Crippen LogP contribution in [0.3, 0.4) is 0 Å². The highest BCUT2D eigenvalue weighted by molar-refractivity contribution is 5.89. The minimum absolute atomic E-state index is 0.217. The standard InChI is InChI=1S/C23H31N3O/c27-21-23(5-3-8-25(23)16-20-4-1-2-7-24-20)6-9-26(21)22-13-17-10-18(14-22)12-19(11-17)15-22/h1-2,4,7,17-19H,3,5-6,8-16H2. The van der Waals surface area contributed by atoms with Gasteiger partial charge in [0.25, 0.3) is 0 Å². The predicted molar refractivity (Wildman–Crippen MR) is 104 cm³/mol. The van der Waals surface area contributed by atoms with Crippen LogP contribution in [0.5, 0.6) is 0 Å². The van der Waals surface area contributed by atoms with Crippen LogP contribution in [0.15, 0.2) is 24.4 Å². The second-order valence-electron chi connectivity index (χ2n) is 10.2. The Morgan fingerprint density at radius 1 is 1.00 bits per heavy atom. The van der Waals surface area contributed by atoms with Crippen LogP contribution in [0, 0.1) is 17.8 Å². The summed E-state index contributed by atoms with van der Waals surface area (Å²) in [5.74, 6) is 3.16. The van der Waals surface area contributed by atoms with E-state index in [2.05, 4.69) is 26.9 Å². The van der Waals surface area contributed by atoms with Crippen LogP contribution in [0.4, 0.5) is 0 Å². The van der Waals surface area contributed by atoms with E-state index in [0.717, 1.165) is 62.3 Å². The lowest BCUT2D eigenvalue weighted by molar-refractivity contribution is -0.152. The molecule has 4 nitrogen and oxygen atoms in total. The zero-order valence-corrected chi connectivity index (χ0v) is 16.3. The number of pyridine rings is 1. The Balaban J connectivity index is 1.28. The fourth-order valence-corrected chi connectivity index (χ4v) is 7.98. The molecule has 1 aromatic rings. The Labute approximate surface area is 162 Å². The molecule has 4 saturated carbocycles. The van der Waals surface area contributed by atoms with Gasteiger partial charge in [0.1, 0.15) is 5.54 Å². The van der Waals surface area contributed by atoms with E-state index in [1.54, 1.807) is 0 Å². The summed E-state index contributed by atoms with van der Waals surface area (Å²) in [5, 5.41) is 0. The van der Waals surface area contributed by atoms with Gasteiger partial charge >= 0.3 is 0 Å². The number of hydrogen-bond donors (Lipinski definition) is 0. The molecular formula is C23H31N3O. The first kappa shape index (κ1) is 16.5. The Kier molecular flexibility index (Phi) is 3.54. The van der Waals surface area contributed by atoms with Crippen LogP contribution in [0.25, 0.3) is 0 Å². The monoisotopic (exact) mass is 365 g/mol. The van der Waals surface area contributed by atoms with Crippen molar-refractivity contribution in [1.82, 2.24) is 14.8 Å². The van der Waals surface area contributed by atoms with E-state index in [4.69, 9.17) is 0 Å². The molecular weight excluding hydrogens is 334 g/mol. The first-order chi connectivity index (χ1) is 13.2. The van der Waals surface area contributed by atoms with Gasteiger partial charge in [-0.25, -0.2) is 0 Å². The van der Waals surface area contributed by atoms with E-state index in [9.17, 15) is 4.79 Å². The third kappa shape index (κ3) is 2.38. The molecule has 3 heterocycles. The molecule has 4 bridgehead atoms. The van der Waals surface area contributed by atoms with Gasteiger partial charge in [0, 0.05) is 24.8 Å². The fraction of sp³-hybridized carbons (Fsp3) is 0.739. The quantitative estimate of drug-likeness (QED) is 0.821. The molecule has 6 fully saturated rings. The zero-order chi connectivity index (χ0) is 18.1. The maximum Gasteiger partial charge on any atom is 0.243 e. The van der Waals surface area contributed by atoms with Gasteiger partial charge in [0.15, 0.2) is 0 Å². The zero-order valence-electron chi connectivity index (χ0n) is 16.3. The number of likely N-dealkylation sites (tertiary alicyclic amines) is 2. The largest absolute Gasteiger partial charge is 0.335 e. The van der Waals surface area contributed by atoms with E-state index in [-0.39, 0.29) is 11.1 Å². The molecule has 4 aliphatic carbocycles. The first-order valence-electron chi connectivity index (χ1n) is 11.1. The summed E-state index contributed by atoms with van der Waals surface area (Å²) in [5.41, 5.74) is 1.08. The van der Waals surface area contributed by atoms with Crippen molar-refractivity contribution in [1.29, 1.82) is 0 Å². The molecule has 2 saturated heterocycles. The number of rotatable bonds is 3. The Hall–Kier alpha value is -1.42. The van der Waals surface area contributed by atoms with Gasteiger partial charge in [0.2, 0.25) is 5.91 Å². The van der Waals surface area contributed by atoms with E-state index in [1.165, 1.54) is 38.5 Å². The summed E-state index contributed by atoms with van der Waals surface area (Å²) >= 11 is 0. The van der Waals surface area contributed by atoms with Gasteiger partial charge < -0.3 is 4.90 Å².